The van der Waals surface area contributed by atoms with Crippen molar-refractivity contribution in [3.05, 3.63) is 93.5 Å². The number of nitrogens with one attached hydrogen (secondary N) is 1. The summed E-state index contributed by atoms with van der Waals surface area (Å²) in [7, 11) is 0. The van der Waals surface area contributed by atoms with E-state index >= 15 is 0 Å². The number of carbonyl (C=O) groups excluding carboxylic acids is 2. The summed E-state index contributed by atoms with van der Waals surface area (Å²) in [6.45, 7) is 5.09. The lowest BCUT2D eigenvalue weighted by molar-refractivity contribution is -0.141. The van der Waals surface area contributed by atoms with E-state index in [1.165, 1.54) is 0 Å². The van der Waals surface area contributed by atoms with Gasteiger partial charge in [0.15, 0.2) is 11.5 Å². The van der Waals surface area contributed by atoms with Crippen molar-refractivity contribution in [2.45, 2.75) is 58.2 Å². The molecule has 2 atom stereocenters. The first-order valence-electron chi connectivity index (χ1n) is 13.3. The van der Waals surface area contributed by atoms with Crippen LogP contribution in [0.5, 0.6) is 11.5 Å². The molecular weight excluding hydrogens is 535 g/mol. The van der Waals surface area contributed by atoms with E-state index < -0.39 is 6.04 Å². The third-order valence-corrected chi connectivity index (χ3v) is 7.60. The SMILES string of the molecule is CC[C@@H](C)NC(=O)[C@H](Cc1ccccc1)N(Cc1c(Cl)cccc1Cl)C(=O)CCc1ccc2c(c1)OCCO2. The van der Waals surface area contributed by atoms with Crippen molar-refractivity contribution in [2.75, 3.05) is 13.2 Å². The van der Waals surface area contributed by atoms with Gasteiger partial charge in [0.2, 0.25) is 11.8 Å². The van der Waals surface area contributed by atoms with Crippen LogP contribution in [0.1, 0.15) is 43.4 Å². The normalized spacial score (nSPS) is 13.8. The minimum absolute atomic E-state index is 0.0330. The van der Waals surface area contributed by atoms with Crippen molar-refractivity contribution in [3.63, 3.8) is 0 Å². The van der Waals surface area contributed by atoms with Crippen LogP contribution in [-0.2, 0) is 29.0 Å². The Morgan fingerprint density at radius 2 is 1.62 bits per heavy atom. The molecule has 1 heterocycles. The average molecular weight is 570 g/mol. The molecule has 1 N–H and O–H groups in total. The van der Waals surface area contributed by atoms with Crippen molar-refractivity contribution < 1.29 is 19.1 Å². The quantitative estimate of drug-likeness (QED) is 0.297. The summed E-state index contributed by atoms with van der Waals surface area (Å²) in [5, 5.41) is 3.98. The van der Waals surface area contributed by atoms with Gasteiger partial charge >= 0.3 is 0 Å². The highest BCUT2D eigenvalue weighted by molar-refractivity contribution is 6.36. The van der Waals surface area contributed by atoms with Crippen molar-refractivity contribution in [1.82, 2.24) is 10.2 Å². The van der Waals surface area contributed by atoms with Crippen LogP contribution in [0.4, 0.5) is 0 Å². The maximum Gasteiger partial charge on any atom is 0.243 e. The van der Waals surface area contributed by atoms with E-state index in [1.807, 2.05) is 62.4 Å². The Labute approximate surface area is 240 Å². The standard InChI is InChI=1S/C31H34Cl2N2O4/c1-3-21(2)34-31(37)27(18-22-8-5-4-6-9-22)35(20-24-25(32)10-7-11-26(24)33)30(36)15-13-23-12-14-28-29(19-23)39-17-16-38-28/h4-12,14,19,21,27H,3,13,15-18,20H2,1-2H3,(H,34,37)/t21-,27+/m1/s1. The van der Waals surface area contributed by atoms with Gasteiger partial charge in [0.25, 0.3) is 0 Å². The molecule has 1 aliphatic rings. The molecule has 0 spiro atoms. The second-order valence-electron chi connectivity index (χ2n) is 9.72. The fraction of sp³-hybridized carbons (Fsp3) is 0.355. The highest BCUT2D eigenvalue weighted by atomic mass is 35.5. The van der Waals surface area contributed by atoms with Gasteiger partial charge < -0.3 is 19.7 Å². The number of halogens is 2. The maximum absolute atomic E-state index is 13.9. The molecule has 206 valence electrons. The lowest BCUT2D eigenvalue weighted by atomic mass is 10.0. The average Bonchev–Trinajstić information content (AvgIpc) is 2.95. The van der Waals surface area contributed by atoms with Crippen LogP contribution in [0, 0.1) is 0 Å². The number of amides is 2. The lowest BCUT2D eigenvalue weighted by Crippen LogP contribution is -2.52. The minimum atomic E-state index is -0.749. The number of fused-ring (bicyclic) bond motifs is 1. The van der Waals surface area contributed by atoms with Crippen LogP contribution in [0.2, 0.25) is 10.0 Å². The molecule has 3 aromatic rings. The fourth-order valence-corrected chi connectivity index (χ4v) is 5.00. The summed E-state index contributed by atoms with van der Waals surface area (Å²) in [4.78, 5) is 29.2. The minimum Gasteiger partial charge on any atom is -0.486 e. The molecule has 0 aliphatic carbocycles. The second-order valence-corrected chi connectivity index (χ2v) is 10.5. The highest BCUT2D eigenvalue weighted by Gasteiger charge is 2.31. The molecule has 8 heteroatoms. The van der Waals surface area contributed by atoms with E-state index in [4.69, 9.17) is 32.7 Å². The van der Waals surface area contributed by atoms with Gasteiger partial charge in [-0.15, -0.1) is 0 Å². The highest BCUT2D eigenvalue weighted by Crippen LogP contribution is 2.32. The van der Waals surface area contributed by atoms with E-state index in [1.54, 1.807) is 23.1 Å². The largest absolute Gasteiger partial charge is 0.486 e. The van der Waals surface area contributed by atoms with E-state index in [-0.39, 0.29) is 30.8 Å². The van der Waals surface area contributed by atoms with Crippen LogP contribution in [0.15, 0.2) is 66.7 Å². The van der Waals surface area contributed by atoms with Gasteiger partial charge in [-0.3, -0.25) is 9.59 Å². The smallest absolute Gasteiger partial charge is 0.243 e. The Morgan fingerprint density at radius 3 is 2.31 bits per heavy atom. The number of nitrogens with zero attached hydrogens (tertiary/aromatic N) is 1. The predicted molar refractivity (Wildman–Crippen MR) is 155 cm³/mol. The first-order valence-corrected chi connectivity index (χ1v) is 14.1. The Bertz CT molecular complexity index is 1260. The predicted octanol–water partition coefficient (Wildman–Crippen LogP) is 6.25. The Hall–Kier alpha value is -3.22. The van der Waals surface area contributed by atoms with Crippen molar-refractivity contribution >= 4 is 35.0 Å². The Kier molecular flexibility index (Phi) is 10.1. The molecule has 6 nitrogen and oxygen atoms in total. The molecule has 0 fully saturated rings. The Balaban J connectivity index is 1.63. The van der Waals surface area contributed by atoms with Crippen LogP contribution in [0.25, 0.3) is 0 Å². The number of hydrogen-bond acceptors (Lipinski definition) is 4. The molecule has 39 heavy (non-hydrogen) atoms. The van der Waals surface area contributed by atoms with Gasteiger partial charge in [-0.2, -0.15) is 0 Å². The zero-order valence-electron chi connectivity index (χ0n) is 22.3. The molecule has 1 aliphatic heterocycles. The first kappa shape index (κ1) is 28.8. The van der Waals surface area contributed by atoms with Gasteiger partial charge in [-0.25, -0.2) is 0 Å². The van der Waals surface area contributed by atoms with E-state index in [0.717, 1.165) is 17.5 Å². The maximum atomic E-state index is 13.9. The molecule has 0 bridgehead atoms. The molecule has 3 aromatic carbocycles. The number of rotatable bonds is 11. The molecule has 0 saturated carbocycles. The van der Waals surface area contributed by atoms with Crippen molar-refractivity contribution in [2.24, 2.45) is 0 Å². The summed E-state index contributed by atoms with van der Waals surface area (Å²) in [5.74, 6) is 1.02. The Morgan fingerprint density at radius 1 is 0.923 bits per heavy atom. The summed E-state index contributed by atoms with van der Waals surface area (Å²) >= 11 is 13.0. The third-order valence-electron chi connectivity index (χ3n) is 6.90. The first-order chi connectivity index (χ1) is 18.9. The van der Waals surface area contributed by atoms with E-state index in [9.17, 15) is 9.59 Å². The monoisotopic (exact) mass is 568 g/mol. The number of aryl methyl sites for hydroxylation is 1. The summed E-state index contributed by atoms with van der Waals surface area (Å²) in [5.41, 5.74) is 2.52. The summed E-state index contributed by atoms with van der Waals surface area (Å²) < 4.78 is 11.3. The molecular formula is C31H34Cl2N2O4. The van der Waals surface area contributed by atoms with Crippen LogP contribution < -0.4 is 14.8 Å². The number of benzene rings is 3. The molecule has 4 rings (SSSR count). The molecule has 0 saturated heterocycles. The van der Waals surface area contributed by atoms with Crippen LogP contribution in [-0.4, -0.2) is 42.0 Å². The molecule has 2 amide bonds. The van der Waals surface area contributed by atoms with Gasteiger partial charge in [-0.05, 0) is 55.2 Å². The number of ether oxygens (including phenoxy) is 2. The molecule has 0 radical (unpaired) electrons. The second kappa shape index (κ2) is 13.7. The van der Waals surface area contributed by atoms with Gasteiger partial charge in [0.1, 0.15) is 19.3 Å². The molecule has 0 aromatic heterocycles. The number of hydrogen-bond donors (Lipinski definition) is 1. The number of carbonyl (C=O) groups is 2. The fourth-order valence-electron chi connectivity index (χ4n) is 4.49. The van der Waals surface area contributed by atoms with Gasteiger partial charge in [0.05, 0.1) is 0 Å². The van der Waals surface area contributed by atoms with E-state index in [2.05, 4.69) is 5.32 Å². The summed E-state index contributed by atoms with van der Waals surface area (Å²) in [6.07, 6.45) is 1.82. The van der Waals surface area contributed by atoms with Crippen molar-refractivity contribution in [3.8, 4) is 11.5 Å². The zero-order valence-corrected chi connectivity index (χ0v) is 23.8. The zero-order chi connectivity index (χ0) is 27.8. The van der Waals surface area contributed by atoms with Gasteiger partial charge in [-0.1, -0.05) is 72.6 Å². The van der Waals surface area contributed by atoms with Crippen LogP contribution >= 0.6 is 23.2 Å². The third kappa shape index (κ3) is 7.68. The van der Waals surface area contributed by atoms with Crippen molar-refractivity contribution in [1.29, 1.82) is 0 Å². The lowest BCUT2D eigenvalue weighted by Gasteiger charge is -2.33. The van der Waals surface area contributed by atoms with Gasteiger partial charge in [0, 0.05) is 41.0 Å². The topological polar surface area (TPSA) is 67.9 Å². The molecule has 0 unspecified atom stereocenters. The van der Waals surface area contributed by atoms with Crippen LogP contribution in [0.3, 0.4) is 0 Å². The van der Waals surface area contributed by atoms with E-state index in [0.29, 0.717) is 53.2 Å². The summed E-state index contributed by atoms with van der Waals surface area (Å²) in [6, 6.07) is 19.9.